The minimum atomic E-state index is -0.501. The lowest BCUT2D eigenvalue weighted by molar-refractivity contribution is -0.140. The van der Waals surface area contributed by atoms with Crippen molar-refractivity contribution in [1.82, 2.24) is 24.6 Å². The summed E-state index contributed by atoms with van der Waals surface area (Å²) in [5, 5.41) is 5.30. The number of benzene rings is 1. The highest BCUT2D eigenvalue weighted by Crippen LogP contribution is 2.25. The number of oxazole rings is 1. The fraction of sp³-hybridized carbons (Fsp3) is 0.227. The van der Waals surface area contributed by atoms with E-state index < -0.39 is 5.76 Å². The van der Waals surface area contributed by atoms with Gasteiger partial charge >= 0.3 is 5.76 Å². The predicted molar refractivity (Wildman–Crippen MR) is 118 cm³/mol. The summed E-state index contributed by atoms with van der Waals surface area (Å²) in [6, 6.07) is 10.8. The van der Waals surface area contributed by atoms with E-state index >= 15 is 0 Å². The topological polar surface area (TPSA) is 102 Å². The number of fused-ring (bicyclic) bond motifs is 1. The first-order chi connectivity index (χ1) is 15.6. The summed E-state index contributed by atoms with van der Waals surface area (Å²) in [4.78, 5) is 46.6. The van der Waals surface area contributed by atoms with Gasteiger partial charge in [0.15, 0.2) is 5.58 Å². The number of para-hydroxylation sites is 2. The van der Waals surface area contributed by atoms with Crippen LogP contribution in [0.25, 0.3) is 21.7 Å². The number of pyridine rings is 1. The first-order valence-corrected chi connectivity index (χ1v) is 11.1. The minimum absolute atomic E-state index is 0.0746. The summed E-state index contributed by atoms with van der Waals surface area (Å²) >= 11 is 1.36. The maximum absolute atomic E-state index is 13.1. The Labute approximate surface area is 186 Å². The van der Waals surface area contributed by atoms with E-state index in [2.05, 4.69) is 9.97 Å². The molecule has 1 aromatic carbocycles. The Morgan fingerprint density at radius 1 is 1.09 bits per heavy atom. The second kappa shape index (κ2) is 8.39. The summed E-state index contributed by atoms with van der Waals surface area (Å²) in [6.07, 6.45) is 4.13. The zero-order chi connectivity index (χ0) is 22.1. The number of nitrogens with zero attached hydrogens (tertiary/aromatic N) is 5. The number of carbonyl (C=O) groups is 2. The number of hydrogen-bond donors (Lipinski definition) is 0. The van der Waals surface area contributed by atoms with Crippen molar-refractivity contribution < 1.29 is 14.0 Å². The highest BCUT2D eigenvalue weighted by Gasteiger charge is 2.32. The largest absolute Gasteiger partial charge is 0.419 e. The molecule has 4 aromatic rings. The molecule has 0 aliphatic carbocycles. The van der Waals surface area contributed by atoms with Crippen LogP contribution in [0.15, 0.2) is 63.4 Å². The average molecular weight is 449 g/mol. The molecule has 1 fully saturated rings. The van der Waals surface area contributed by atoms with Crippen molar-refractivity contribution in [2.75, 3.05) is 13.1 Å². The molecule has 10 heteroatoms. The van der Waals surface area contributed by atoms with Gasteiger partial charge in [-0.05, 0) is 30.7 Å². The first kappa shape index (κ1) is 20.1. The number of aromatic nitrogens is 3. The summed E-state index contributed by atoms with van der Waals surface area (Å²) < 4.78 is 6.66. The van der Waals surface area contributed by atoms with E-state index in [1.165, 1.54) is 25.9 Å². The molecule has 4 heterocycles. The molecule has 9 nitrogen and oxygen atoms in total. The molecule has 2 amide bonds. The second-order valence-electron chi connectivity index (χ2n) is 7.32. The SMILES string of the molecule is O=C(CCn1c(=O)oc2ccccc21)N1CCCN1C(=O)c1csc(-c2cccnc2)n1. The zero-order valence-electron chi connectivity index (χ0n) is 17.0. The van der Waals surface area contributed by atoms with Gasteiger partial charge < -0.3 is 4.42 Å². The molecular formula is C22H19N5O4S. The van der Waals surface area contributed by atoms with Crippen molar-refractivity contribution in [1.29, 1.82) is 0 Å². The van der Waals surface area contributed by atoms with Crippen molar-refractivity contribution in [3.8, 4) is 10.6 Å². The summed E-state index contributed by atoms with van der Waals surface area (Å²) in [7, 11) is 0. The van der Waals surface area contributed by atoms with Crippen LogP contribution < -0.4 is 5.76 Å². The van der Waals surface area contributed by atoms with Gasteiger partial charge in [-0.15, -0.1) is 11.3 Å². The smallest absolute Gasteiger partial charge is 0.408 e. The van der Waals surface area contributed by atoms with Crippen LogP contribution in [0.4, 0.5) is 0 Å². The number of rotatable bonds is 5. The predicted octanol–water partition coefficient (Wildman–Crippen LogP) is 2.79. The maximum Gasteiger partial charge on any atom is 0.419 e. The van der Waals surface area contributed by atoms with Crippen LogP contribution >= 0.6 is 11.3 Å². The lowest BCUT2D eigenvalue weighted by Crippen LogP contribution is -2.45. The van der Waals surface area contributed by atoms with E-state index in [1.807, 2.05) is 18.2 Å². The Bertz CT molecular complexity index is 1340. The van der Waals surface area contributed by atoms with E-state index in [0.29, 0.717) is 41.3 Å². The van der Waals surface area contributed by atoms with Gasteiger partial charge in [-0.2, -0.15) is 0 Å². The Balaban J connectivity index is 1.29. The molecule has 32 heavy (non-hydrogen) atoms. The third-order valence-corrected chi connectivity index (χ3v) is 6.20. The van der Waals surface area contributed by atoms with Crippen LogP contribution in [0.3, 0.4) is 0 Å². The quantitative estimate of drug-likeness (QED) is 0.464. The van der Waals surface area contributed by atoms with Crippen molar-refractivity contribution >= 4 is 34.3 Å². The Hall–Kier alpha value is -3.79. The molecule has 0 radical (unpaired) electrons. The second-order valence-corrected chi connectivity index (χ2v) is 8.17. The molecule has 162 valence electrons. The van der Waals surface area contributed by atoms with Crippen molar-refractivity contribution in [3.63, 3.8) is 0 Å². The Morgan fingerprint density at radius 2 is 1.94 bits per heavy atom. The van der Waals surface area contributed by atoms with Crippen LogP contribution in [0.5, 0.6) is 0 Å². The summed E-state index contributed by atoms with van der Waals surface area (Å²) in [5.74, 6) is -1.04. The monoisotopic (exact) mass is 449 g/mol. The van der Waals surface area contributed by atoms with Gasteiger partial charge in [-0.25, -0.2) is 14.8 Å². The van der Waals surface area contributed by atoms with Gasteiger partial charge in [0.2, 0.25) is 5.91 Å². The molecule has 0 unspecified atom stereocenters. The molecular weight excluding hydrogens is 430 g/mol. The van der Waals surface area contributed by atoms with Gasteiger partial charge in [-0.3, -0.25) is 24.1 Å². The fourth-order valence-electron chi connectivity index (χ4n) is 3.77. The average Bonchev–Trinajstić information content (AvgIpc) is 3.56. The molecule has 1 saturated heterocycles. The van der Waals surface area contributed by atoms with Crippen LogP contribution in [-0.2, 0) is 11.3 Å². The normalized spacial score (nSPS) is 13.8. The van der Waals surface area contributed by atoms with E-state index in [4.69, 9.17) is 4.42 Å². The number of aryl methyl sites for hydroxylation is 1. The molecule has 3 aromatic heterocycles. The van der Waals surface area contributed by atoms with Gasteiger partial charge in [0, 0.05) is 49.4 Å². The summed E-state index contributed by atoms with van der Waals surface area (Å²) in [6.45, 7) is 1.07. The van der Waals surface area contributed by atoms with Crippen LogP contribution in [0.2, 0.25) is 0 Å². The summed E-state index contributed by atoms with van der Waals surface area (Å²) in [5.41, 5.74) is 2.26. The highest BCUT2D eigenvalue weighted by atomic mass is 32.1. The van der Waals surface area contributed by atoms with Gasteiger partial charge in [0.1, 0.15) is 10.7 Å². The lowest BCUT2D eigenvalue weighted by atomic mass is 10.3. The highest BCUT2D eigenvalue weighted by molar-refractivity contribution is 7.13. The van der Waals surface area contributed by atoms with E-state index in [-0.39, 0.29) is 24.8 Å². The number of hydrazine groups is 1. The lowest BCUT2D eigenvalue weighted by Gasteiger charge is -2.27. The van der Waals surface area contributed by atoms with Crippen molar-refractivity contribution in [2.45, 2.75) is 19.4 Å². The molecule has 0 N–H and O–H groups in total. The zero-order valence-corrected chi connectivity index (χ0v) is 17.8. The molecule has 0 atom stereocenters. The Morgan fingerprint density at radius 3 is 2.78 bits per heavy atom. The number of hydrogen-bond acceptors (Lipinski definition) is 7. The minimum Gasteiger partial charge on any atom is -0.408 e. The van der Waals surface area contributed by atoms with Gasteiger partial charge in [0.05, 0.1) is 5.52 Å². The Kier molecular flexibility index (Phi) is 5.28. The molecule has 0 saturated carbocycles. The number of thiazole rings is 1. The van der Waals surface area contributed by atoms with Crippen LogP contribution in [0, 0.1) is 0 Å². The molecule has 1 aliphatic heterocycles. The molecule has 1 aliphatic rings. The third-order valence-electron chi connectivity index (χ3n) is 5.31. The van der Waals surface area contributed by atoms with Crippen molar-refractivity contribution in [2.24, 2.45) is 0 Å². The van der Waals surface area contributed by atoms with Gasteiger partial charge in [-0.1, -0.05) is 12.1 Å². The maximum atomic E-state index is 13.1. The first-order valence-electron chi connectivity index (χ1n) is 10.2. The van der Waals surface area contributed by atoms with Crippen LogP contribution in [-0.4, -0.2) is 49.5 Å². The van der Waals surface area contributed by atoms with Gasteiger partial charge in [0.25, 0.3) is 5.91 Å². The molecule has 5 rings (SSSR count). The van der Waals surface area contributed by atoms with E-state index in [0.717, 1.165) is 5.56 Å². The van der Waals surface area contributed by atoms with E-state index in [1.54, 1.807) is 36.0 Å². The number of amides is 2. The fourth-order valence-corrected chi connectivity index (χ4v) is 4.56. The molecule has 0 bridgehead atoms. The van der Waals surface area contributed by atoms with Crippen molar-refractivity contribution in [3.05, 3.63) is 70.4 Å². The third kappa shape index (κ3) is 3.69. The number of carbonyl (C=O) groups excluding carboxylic acids is 2. The van der Waals surface area contributed by atoms with Crippen LogP contribution in [0.1, 0.15) is 23.3 Å². The molecule has 0 spiro atoms. The standard InChI is InChI=1S/C22H19N5O4S/c28-19(8-12-25-17-6-1-2-7-18(17)31-22(25)30)26-10-4-11-27(26)21(29)16-14-32-20(24-16)15-5-3-9-23-13-15/h1-3,5-7,9,13-14H,4,8,10-12H2. The van der Waals surface area contributed by atoms with E-state index in [9.17, 15) is 14.4 Å².